The van der Waals surface area contributed by atoms with Crippen molar-refractivity contribution in [2.45, 2.75) is 26.7 Å². The van der Waals surface area contributed by atoms with Crippen LogP contribution in [0, 0.1) is 0 Å². The zero-order valence-corrected chi connectivity index (χ0v) is 15.3. The van der Waals surface area contributed by atoms with Gasteiger partial charge in [-0.15, -0.1) is 0 Å². The van der Waals surface area contributed by atoms with Crippen molar-refractivity contribution < 1.29 is 51.2 Å². The molecule has 4 N–H and O–H groups in total. The Bertz CT molecular complexity index is 531. The van der Waals surface area contributed by atoms with Crippen molar-refractivity contribution in [1.29, 1.82) is 0 Å². The third-order valence-electron chi connectivity index (χ3n) is 2.08. The van der Waals surface area contributed by atoms with E-state index in [-0.39, 0.29) is 13.2 Å². The number of phosphoric ester groups is 2. The van der Waals surface area contributed by atoms with E-state index in [1.54, 1.807) is 6.92 Å². The Morgan fingerprint density at radius 3 is 2.00 bits per heavy atom. The summed E-state index contributed by atoms with van der Waals surface area (Å²) in [6.45, 7) is 2.23. The minimum atomic E-state index is -5.40. The fourth-order valence-corrected chi connectivity index (χ4v) is 4.46. The minimum Gasteiger partial charge on any atom is -0.392 e. The van der Waals surface area contributed by atoms with Crippen molar-refractivity contribution in [1.82, 2.24) is 0 Å². The summed E-state index contributed by atoms with van der Waals surface area (Å²) >= 11 is 0. The van der Waals surface area contributed by atoms with Gasteiger partial charge in [-0.1, -0.05) is 19.4 Å². The topological polar surface area (TPSA) is 169 Å². The lowest BCUT2D eigenvalue weighted by Gasteiger charge is -2.17. The van der Waals surface area contributed by atoms with Crippen LogP contribution >= 0.6 is 23.5 Å². The maximum atomic E-state index is 11.5. The van der Waals surface area contributed by atoms with Gasteiger partial charge in [0.15, 0.2) is 0 Å². The van der Waals surface area contributed by atoms with E-state index in [0.29, 0.717) is 18.4 Å². The van der Waals surface area contributed by atoms with Crippen LogP contribution < -0.4 is 0 Å². The molecule has 0 amide bonds. The van der Waals surface area contributed by atoms with Gasteiger partial charge in [0, 0.05) is 0 Å². The molecule has 0 aromatic rings. The van der Waals surface area contributed by atoms with Crippen molar-refractivity contribution in [3.8, 4) is 0 Å². The Labute approximate surface area is 133 Å². The second kappa shape index (κ2) is 10.2. The molecular weight excluding hydrogens is 377 g/mol. The van der Waals surface area contributed by atoms with E-state index in [4.69, 9.17) is 5.11 Å². The van der Waals surface area contributed by atoms with Crippen LogP contribution in [-0.4, -0.2) is 39.6 Å². The second-order valence-corrected chi connectivity index (χ2v) is 8.89. The number of phosphoric acid groups is 3. The first kappa shape index (κ1) is 23.1. The lowest BCUT2D eigenvalue weighted by molar-refractivity contribution is 0.162. The van der Waals surface area contributed by atoms with E-state index in [2.05, 4.69) is 17.7 Å². The van der Waals surface area contributed by atoms with E-state index in [1.807, 2.05) is 0 Å². The summed E-state index contributed by atoms with van der Waals surface area (Å²) < 4.78 is 50.7. The van der Waals surface area contributed by atoms with E-state index < -0.39 is 30.1 Å². The van der Waals surface area contributed by atoms with Crippen LogP contribution in [-0.2, 0) is 31.4 Å². The zero-order valence-electron chi connectivity index (χ0n) is 12.6. The monoisotopic (exact) mass is 398 g/mol. The number of aliphatic hydroxyl groups excluding tert-OH is 1. The molecule has 0 bridgehead atoms. The molecule has 14 heteroatoms. The average molecular weight is 398 g/mol. The summed E-state index contributed by atoms with van der Waals surface area (Å²) in [5.74, 6) is 0. The molecule has 3 unspecified atom stereocenters. The number of unbranched alkanes of at least 4 members (excludes halogenated alkanes) is 1. The highest BCUT2D eigenvalue weighted by atomic mass is 31.3. The van der Waals surface area contributed by atoms with Gasteiger partial charge in [-0.3, -0.25) is 9.05 Å². The first-order chi connectivity index (χ1) is 10.4. The Kier molecular flexibility index (Phi) is 10.2. The quantitative estimate of drug-likeness (QED) is 0.216. The van der Waals surface area contributed by atoms with Crippen LogP contribution in [0.25, 0.3) is 0 Å². The van der Waals surface area contributed by atoms with Crippen LogP contribution in [0.2, 0.25) is 0 Å². The van der Waals surface area contributed by atoms with Crippen molar-refractivity contribution in [3.63, 3.8) is 0 Å². The zero-order chi connectivity index (χ0) is 18.1. The minimum absolute atomic E-state index is 0.219. The predicted octanol–water partition coefficient (Wildman–Crippen LogP) is 2.09. The van der Waals surface area contributed by atoms with E-state index in [0.717, 1.165) is 0 Å². The second-order valence-electron chi connectivity index (χ2n) is 4.26. The highest BCUT2D eigenvalue weighted by Crippen LogP contribution is 2.67. The van der Waals surface area contributed by atoms with E-state index in [1.165, 1.54) is 13.0 Å². The number of rotatable bonds is 12. The predicted molar refractivity (Wildman–Crippen MR) is 79.3 cm³/mol. The number of hydrogen-bond acceptors (Lipinski definition) is 8. The van der Waals surface area contributed by atoms with Gasteiger partial charge in [0.2, 0.25) is 0 Å². The van der Waals surface area contributed by atoms with E-state index in [9.17, 15) is 28.4 Å². The van der Waals surface area contributed by atoms with Gasteiger partial charge >= 0.3 is 23.5 Å². The van der Waals surface area contributed by atoms with Gasteiger partial charge in [-0.2, -0.15) is 8.62 Å². The lowest BCUT2D eigenvalue weighted by atomic mass is 10.3. The first-order valence-corrected chi connectivity index (χ1v) is 10.9. The Hall–Kier alpha value is 0.110. The molecule has 0 saturated heterocycles. The molecule has 0 aliphatic heterocycles. The molecule has 0 aromatic carbocycles. The summed E-state index contributed by atoms with van der Waals surface area (Å²) in [6, 6.07) is 0. The Balaban J connectivity index is 4.61. The fourth-order valence-electron chi connectivity index (χ4n) is 0.985. The molecule has 0 fully saturated rings. The number of hydrogen-bond donors (Lipinski definition) is 4. The third-order valence-corrected chi connectivity index (χ3v) is 6.37. The molecule has 0 heterocycles. The maximum Gasteiger partial charge on any atom is 0.490 e. The molecule has 0 aliphatic rings. The average Bonchev–Trinajstić information content (AvgIpc) is 2.35. The van der Waals surface area contributed by atoms with Gasteiger partial charge < -0.3 is 19.8 Å². The lowest BCUT2D eigenvalue weighted by Crippen LogP contribution is -2.00. The van der Waals surface area contributed by atoms with E-state index >= 15 is 0 Å². The van der Waals surface area contributed by atoms with Crippen LogP contribution in [0.5, 0.6) is 0 Å². The smallest absolute Gasteiger partial charge is 0.392 e. The molecule has 0 spiro atoms. The van der Waals surface area contributed by atoms with Crippen LogP contribution in [0.4, 0.5) is 0 Å². The molecule has 11 nitrogen and oxygen atoms in total. The molecule has 138 valence electrons. The van der Waals surface area contributed by atoms with Crippen LogP contribution in [0.15, 0.2) is 11.6 Å². The van der Waals surface area contributed by atoms with Crippen LogP contribution in [0.1, 0.15) is 26.7 Å². The molecule has 0 aliphatic carbocycles. The van der Waals surface area contributed by atoms with Gasteiger partial charge in [0.1, 0.15) is 0 Å². The Morgan fingerprint density at radius 2 is 1.52 bits per heavy atom. The van der Waals surface area contributed by atoms with Crippen molar-refractivity contribution in [3.05, 3.63) is 11.6 Å². The molecule has 3 atom stereocenters. The van der Waals surface area contributed by atoms with Crippen LogP contribution in [0.3, 0.4) is 0 Å². The standard InChI is InChI=1S/C9H21O11P3/c1-3-4-6-17-21(11,12)19-23(15,16)20-22(13,14)18-7-5-9(2)8-10/h5,10H,3-4,6-8H2,1-2H3,(H,11,12)(H,13,14)(H,15,16)/b9-5+. The molecule has 0 aromatic heterocycles. The van der Waals surface area contributed by atoms with Gasteiger partial charge in [0.05, 0.1) is 19.8 Å². The van der Waals surface area contributed by atoms with Crippen molar-refractivity contribution in [2.75, 3.05) is 19.8 Å². The van der Waals surface area contributed by atoms with Gasteiger partial charge in [-0.05, 0) is 18.9 Å². The Morgan fingerprint density at radius 1 is 1.00 bits per heavy atom. The number of aliphatic hydroxyl groups is 1. The maximum absolute atomic E-state index is 11.5. The summed E-state index contributed by atoms with van der Waals surface area (Å²) in [5, 5.41) is 8.70. The normalized spacial score (nSPS) is 20.5. The molecular formula is C9H21O11P3. The molecule has 0 saturated carbocycles. The summed E-state index contributed by atoms with van der Waals surface area (Å²) in [6.07, 6.45) is 2.25. The SMILES string of the molecule is CCCCOP(=O)(O)OP(=O)(O)OP(=O)(O)OC/C=C(\C)CO. The van der Waals surface area contributed by atoms with Gasteiger partial charge in [0.25, 0.3) is 0 Å². The molecule has 0 rings (SSSR count). The largest absolute Gasteiger partial charge is 0.490 e. The summed E-state index contributed by atoms with van der Waals surface area (Å²) in [4.78, 5) is 27.7. The highest BCUT2D eigenvalue weighted by Gasteiger charge is 2.41. The molecule has 23 heavy (non-hydrogen) atoms. The summed E-state index contributed by atoms with van der Waals surface area (Å²) in [5.41, 5.74) is 0.414. The third kappa shape index (κ3) is 12.2. The highest BCUT2D eigenvalue weighted by molar-refractivity contribution is 7.66. The molecule has 0 radical (unpaired) electrons. The van der Waals surface area contributed by atoms with Crippen molar-refractivity contribution >= 4 is 23.5 Å². The summed E-state index contributed by atoms with van der Waals surface area (Å²) in [7, 11) is -15.4. The fraction of sp³-hybridized carbons (Fsp3) is 0.778. The first-order valence-electron chi connectivity index (χ1n) is 6.39. The van der Waals surface area contributed by atoms with Crippen molar-refractivity contribution in [2.24, 2.45) is 0 Å². The van der Waals surface area contributed by atoms with Gasteiger partial charge in [-0.25, -0.2) is 13.7 Å².